The third-order valence-corrected chi connectivity index (χ3v) is 4.35. The molecule has 0 aliphatic rings. The molecule has 0 radical (unpaired) electrons. The SMILES string of the molecule is CCOC(=O)c1cn(C(CC)Cn2ccnc2)cc(Oc2ccccc2)c1=O. The molecule has 2 heterocycles. The van der Waals surface area contributed by atoms with Crippen molar-refractivity contribution in [2.75, 3.05) is 6.61 Å². The van der Waals surface area contributed by atoms with Crippen molar-refractivity contribution in [3.63, 3.8) is 0 Å². The van der Waals surface area contributed by atoms with Gasteiger partial charge in [0.05, 0.1) is 25.2 Å². The maximum atomic E-state index is 12.8. The second kappa shape index (κ2) is 9.03. The third-order valence-electron chi connectivity index (χ3n) is 4.35. The molecule has 1 unspecified atom stereocenters. The number of nitrogens with zero attached hydrogens (tertiary/aromatic N) is 3. The van der Waals surface area contributed by atoms with Crippen LogP contribution in [0.15, 0.2) is 66.2 Å². The molecule has 0 saturated carbocycles. The average Bonchev–Trinajstić information content (AvgIpc) is 3.22. The Labute approximate surface area is 163 Å². The van der Waals surface area contributed by atoms with Gasteiger partial charge in [0.15, 0.2) is 5.75 Å². The number of benzene rings is 1. The first-order chi connectivity index (χ1) is 13.6. The fraction of sp³-hybridized carbons (Fsp3) is 0.286. The van der Waals surface area contributed by atoms with Gasteiger partial charge in [-0.05, 0) is 25.5 Å². The second-order valence-electron chi connectivity index (χ2n) is 6.27. The van der Waals surface area contributed by atoms with E-state index >= 15 is 0 Å². The van der Waals surface area contributed by atoms with Gasteiger partial charge in [-0.25, -0.2) is 9.78 Å². The lowest BCUT2D eigenvalue weighted by Gasteiger charge is -2.21. The zero-order valence-electron chi connectivity index (χ0n) is 15.9. The van der Waals surface area contributed by atoms with Crippen LogP contribution in [0.4, 0.5) is 0 Å². The first kappa shape index (κ1) is 19.4. The van der Waals surface area contributed by atoms with Crippen LogP contribution in [0.25, 0.3) is 0 Å². The van der Waals surface area contributed by atoms with Gasteiger partial charge in [-0.1, -0.05) is 25.1 Å². The Kier molecular flexibility index (Phi) is 6.26. The Morgan fingerprint density at radius 2 is 1.96 bits per heavy atom. The monoisotopic (exact) mass is 381 g/mol. The molecule has 0 spiro atoms. The van der Waals surface area contributed by atoms with Crippen molar-refractivity contribution in [2.24, 2.45) is 0 Å². The number of hydrogen-bond donors (Lipinski definition) is 0. The maximum absolute atomic E-state index is 12.8. The van der Waals surface area contributed by atoms with E-state index in [1.165, 1.54) is 0 Å². The lowest BCUT2D eigenvalue weighted by molar-refractivity contribution is 0.0523. The number of hydrogen-bond acceptors (Lipinski definition) is 5. The molecule has 2 aromatic heterocycles. The van der Waals surface area contributed by atoms with Gasteiger partial charge in [-0.15, -0.1) is 0 Å². The second-order valence-corrected chi connectivity index (χ2v) is 6.27. The van der Waals surface area contributed by atoms with Gasteiger partial charge in [0.1, 0.15) is 11.3 Å². The molecule has 3 aromatic rings. The van der Waals surface area contributed by atoms with Crippen LogP contribution in [0, 0.1) is 0 Å². The van der Waals surface area contributed by atoms with Gasteiger partial charge in [-0.3, -0.25) is 4.79 Å². The predicted octanol–water partition coefficient (Wildman–Crippen LogP) is 3.67. The highest BCUT2D eigenvalue weighted by Gasteiger charge is 2.20. The van der Waals surface area contributed by atoms with Gasteiger partial charge >= 0.3 is 5.97 Å². The molecular weight excluding hydrogens is 358 g/mol. The zero-order valence-corrected chi connectivity index (χ0v) is 15.9. The van der Waals surface area contributed by atoms with Gasteiger partial charge in [0.2, 0.25) is 5.43 Å². The molecule has 146 valence electrons. The van der Waals surface area contributed by atoms with Crippen LogP contribution >= 0.6 is 0 Å². The molecular formula is C21H23N3O4. The minimum Gasteiger partial charge on any atom is -0.462 e. The van der Waals surface area contributed by atoms with E-state index in [9.17, 15) is 9.59 Å². The molecule has 7 heteroatoms. The number of pyridine rings is 1. The fourth-order valence-corrected chi connectivity index (χ4v) is 2.90. The standard InChI is InChI=1S/C21H23N3O4/c1-3-16(12-23-11-10-22-15-23)24-13-18(21(26)27-4-2)20(25)19(14-24)28-17-8-6-5-7-9-17/h5-11,13-16H,3-4,12H2,1-2H3. The van der Waals surface area contributed by atoms with E-state index in [1.807, 2.05) is 40.5 Å². The molecule has 28 heavy (non-hydrogen) atoms. The summed E-state index contributed by atoms with van der Waals surface area (Å²) in [6.45, 7) is 4.58. The van der Waals surface area contributed by atoms with E-state index < -0.39 is 11.4 Å². The summed E-state index contributed by atoms with van der Waals surface area (Å²) in [6, 6.07) is 9.00. The molecule has 0 bridgehead atoms. The van der Waals surface area contributed by atoms with Gasteiger partial charge < -0.3 is 18.6 Å². The Hall–Kier alpha value is -3.35. The number of ether oxygens (including phenoxy) is 2. The predicted molar refractivity (Wildman–Crippen MR) is 105 cm³/mol. The number of esters is 1. The number of carbonyl (C=O) groups excluding carboxylic acids is 1. The normalized spacial score (nSPS) is 11.8. The van der Waals surface area contributed by atoms with Crippen LogP contribution in [0.3, 0.4) is 0 Å². The van der Waals surface area contributed by atoms with Crippen LogP contribution < -0.4 is 10.2 Å². The average molecular weight is 381 g/mol. The van der Waals surface area contributed by atoms with Crippen LogP contribution in [-0.4, -0.2) is 26.7 Å². The highest BCUT2D eigenvalue weighted by atomic mass is 16.5. The first-order valence-corrected chi connectivity index (χ1v) is 9.23. The summed E-state index contributed by atoms with van der Waals surface area (Å²) >= 11 is 0. The largest absolute Gasteiger partial charge is 0.462 e. The van der Waals surface area contributed by atoms with E-state index in [2.05, 4.69) is 4.98 Å². The quantitative estimate of drug-likeness (QED) is 0.557. The molecule has 0 amide bonds. The number of carbonyl (C=O) groups is 1. The Balaban J connectivity index is 2.02. The van der Waals surface area contributed by atoms with Gasteiger partial charge in [0.25, 0.3) is 0 Å². The maximum Gasteiger partial charge on any atom is 0.343 e. The summed E-state index contributed by atoms with van der Waals surface area (Å²) < 4.78 is 14.6. The third kappa shape index (κ3) is 4.49. The van der Waals surface area contributed by atoms with Crippen molar-refractivity contribution >= 4 is 5.97 Å². The number of rotatable bonds is 8. The van der Waals surface area contributed by atoms with Crippen molar-refractivity contribution in [1.29, 1.82) is 0 Å². The molecule has 0 saturated heterocycles. The summed E-state index contributed by atoms with van der Waals surface area (Å²) in [5.41, 5.74) is -0.532. The Morgan fingerprint density at radius 3 is 2.61 bits per heavy atom. The van der Waals surface area contributed by atoms with Gasteiger partial charge in [0, 0.05) is 25.1 Å². The molecule has 0 aliphatic heterocycles. The van der Waals surface area contributed by atoms with Crippen LogP contribution in [0.2, 0.25) is 0 Å². The van der Waals surface area contributed by atoms with Crippen molar-refractivity contribution in [1.82, 2.24) is 14.1 Å². The van der Waals surface area contributed by atoms with E-state index in [4.69, 9.17) is 9.47 Å². The van der Waals surface area contributed by atoms with Crippen molar-refractivity contribution in [3.05, 3.63) is 77.2 Å². The number of imidazole rings is 1. The molecule has 7 nitrogen and oxygen atoms in total. The summed E-state index contributed by atoms with van der Waals surface area (Å²) in [5, 5.41) is 0. The summed E-state index contributed by atoms with van der Waals surface area (Å²) in [7, 11) is 0. The fourth-order valence-electron chi connectivity index (χ4n) is 2.90. The number of para-hydroxylation sites is 1. The number of aromatic nitrogens is 3. The zero-order chi connectivity index (χ0) is 19.9. The van der Waals surface area contributed by atoms with E-state index in [-0.39, 0.29) is 24.0 Å². The van der Waals surface area contributed by atoms with E-state index in [1.54, 1.807) is 44.0 Å². The summed E-state index contributed by atoms with van der Waals surface area (Å²) in [5.74, 6) is -0.0482. The van der Waals surface area contributed by atoms with Crippen molar-refractivity contribution < 1.29 is 14.3 Å². The van der Waals surface area contributed by atoms with Crippen molar-refractivity contribution in [3.8, 4) is 11.5 Å². The topological polar surface area (TPSA) is 75.3 Å². The minimum atomic E-state index is -0.655. The minimum absolute atomic E-state index is 0.00102. The highest BCUT2D eigenvalue weighted by molar-refractivity contribution is 5.89. The van der Waals surface area contributed by atoms with Gasteiger partial charge in [-0.2, -0.15) is 0 Å². The molecule has 1 aromatic carbocycles. The molecule has 0 aliphatic carbocycles. The Morgan fingerprint density at radius 1 is 1.18 bits per heavy atom. The lowest BCUT2D eigenvalue weighted by Crippen LogP contribution is -2.24. The molecule has 3 rings (SSSR count). The first-order valence-electron chi connectivity index (χ1n) is 9.23. The summed E-state index contributed by atoms with van der Waals surface area (Å²) in [4.78, 5) is 29.2. The van der Waals surface area contributed by atoms with Crippen LogP contribution in [0.5, 0.6) is 11.5 Å². The lowest BCUT2D eigenvalue weighted by atomic mass is 10.2. The Bertz CT molecular complexity index is 965. The van der Waals surface area contributed by atoms with E-state index in [0.29, 0.717) is 12.3 Å². The molecule has 0 fully saturated rings. The molecule has 1 atom stereocenters. The smallest absolute Gasteiger partial charge is 0.343 e. The highest BCUT2D eigenvalue weighted by Crippen LogP contribution is 2.22. The van der Waals surface area contributed by atoms with Crippen LogP contribution in [0.1, 0.15) is 36.7 Å². The van der Waals surface area contributed by atoms with E-state index in [0.717, 1.165) is 6.42 Å². The summed E-state index contributed by atoms with van der Waals surface area (Å²) in [6.07, 6.45) is 9.30. The van der Waals surface area contributed by atoms with Crippen LogP contribution in [-0.2, 0) is 11.3 Å². The molecule has 0 N–H and O–H groups in total. The van der Waals surface area contributed by atoms with Crippen molar-refractivity contribution in [2.45, 2.75) is 32.9 Å².